The van der Waals surface area contributed by atoms with Crippen LogP contribution in [0.4, 0.5) is 5.82 Å². The summed E-state index contributed by atoms with van der Waals surface area (Å²) in [5.41, 5.74) is 1.86. The average Bonchev–Trinajstić information content (AvgIpc) is 2.65. The number of hydrogen-bond donors (Lipinski definition) is 0. The van der Waals surface area contributed by atoms with Gasteiger partial charge in [-0.2, -0.15) is 0 Å². The van der Waals surface area contributed by atoms with Gasteiger partial charge in [-0.25, -0.2) is 9.97 Å². The summed E-state index contributed by atoms with van der Waals surface area (Å²) in [6, 6.07) is 7.88. The average molecular weight is 356 g/mol. The molecule has 4 heterocycles. The Bertz CT molecular complexity index is 764. The highest BCUT2D eigenvalue weighted by Gasteiger charge is 2.48. The van der Waals surface area contributed by atoms with Gasteiger partial charge in [-0.15, -0.1) is 0 Å². The number of anilines is 1. The molecule has 0 amide bonds. The van der Waals surface area contributed by atoms with Gasteiger partial charge in [-0.1, -0.05) is 6.07 Å². The van der Waals surface area contributed by atoms with Gasteiger partial charge in [0.05, 0.1) is 38.6 Å². The Morgan fingerprint density at radius 3 is 3.00 bits per heavy atom. The minimum Gasteiger partial charge on any atom is -0.481 e. The van der Waals surface area contributed by atoms with Crippen LogP contribution in [0, 0.1) is 6.92 Å². The number of ether oxygens (including phenoxy) is 3. The van der Waals surface area contributed by atoms with Crippen LogP contribution in [0.3, 0.4) is 0 Å². The number of hydrogen-bond acceptors (Lipinski definition) is 7. The third-order valence-electron chi connectivity index (χ3n) is 4.98. The molecule has 0 saturated carbocycles. The van der Waals surface area contributed by atoms with Crippen LogP contribution in [0.5, 0.6) is 5.88 Å². The standard InChI is InChI=1S/C19H24N4O3/c1-14-4-3-5-15(22-14)10-25-16-6-7-26-19(9-16)11-23(12-19)17-8-18(24-2)21-13-20-17/h3-5,8,13,16H,6-7,9-12H2,1-2H3. The highest BCUT2D eigenvalue weighted by Crippen LogP contribution is 2.37. The second kappa shape index (κ2) is 7.17. The highest BCUT2D eigenvalue weighted by molar-refractivity contribution is 5.45. The first-order valence-electron chi connectivity index (χ1n) is 8.95. The Morgan fingerprint density at radius 2 is 2.19 bits per heavy atom. The van der Waals surface area contributed by atoms with Crippen molar-refractivity contribution >= 4 is 5.82 Å². The van der Waals surface area contributed by atoms with Crippen LogP contribution in [-0.2, 0) is 16.1 Å². The van der Waals surface area contributed by atoms with Crippen LogP contribution in [0.15, 0.2) is 30.6 Å². The molecule has 138 valence electrons. The van der Waals surface area contributed by atoms with Crippen molar-refractivity contribution in [3.05, 3.63) is 42.0 Å². The van der Waals surface area contributed by atoms with E-state index in [1.54, 1.807) is 7.11 Å². The molecule has 0 aliphatic carbocycles. The number of rotatable bonds is 5. The van der Waals surface area contributed by atoms with Crippen LogP contribution in [0.1, 0.15) is 24.2 Å². The van der Waals surface area contributed by atoms with Crippen LogP contribution >= 0.6 is 0 Å². The third kappa shape index (κ3) is 3.64. The van der Waals surface area contributed by atoms with E-state index in [1.165, 1.54) is 6.33 Å². The normalized spacial score (nSPS) is 21.5. The molecule has 7 heteroatoms. The molecule has 1 atom stereocenters. The van der Waals surface area contributed by atoms with Crippen molar-refractivity contribution in [2.75, 3.05) is 31.7 Å². The van der Waals surface area contributed by atoms with E-state index in [0.29, 0.717) is 12.5 Å². The zero-order chi connectivity index (χ0) is 18.0. The van der Waals surface area contributed by atoms with E-state index in [0.717, 1.165) is 49.7 Å². The maximum atomic E-state index is 6.13. The molecule has 2 aliphatic heterocycles. The molecule has 26 heavy (non-hydrogen) atoms. The molecule has 0 aromatic carbocycles. The quantitative estimate of drug-likeness (QED) is 0.813. The van der Waals surface area contributed by atoms with Gasteiger partial charge >= 0.3 is 0 Å². The van der Waals surface area contributed by atoms with E-state index in [1.807, 2.05) is 31.2 Å². The van der Waals surface area contributed by atoms with Gasteiger partial charge in [-0.3, -0.25) is 4.98 Å². The first-order chi connectivity index (χ1) is 12.7. The fourth-order valence-corrected chi connectivity index (χ4v) is 3.65. The maximum absolute atomic E-state index is 6.13. The third-order valence-corrected chi connectivity index (χ3v) is 4.98. The second-order valence-electron chi connectivity index (χ2n) is 7.00. The van der Waals surface area contributed by atoms with Gasteiger partial charge in [0.15, 0.2) is 0 Å². The summed E-state index contributed by atoms with van der Waals surface area (Å²) in [7, 11) is 1.61. The SMILES string of the molecule is COc1cc(N2CC3(CC(OCc4cccc(C)n4)CCO3)C2)ncn1. The Balaban J connectivity index is 1.33. The van der Waals surface area contributed by atoms with Crippen LogP contribution < -0.4 is 9.64 Å². The van der Waals surface area contributed by atoms with Crippen LogP contribution in [0.25, 0.3) is 0 Å². The van der Waals surface area contributed by atoms with Crippen molar-refractivity contribution in [1.82, 2.24) is 15.0 Å². The van der Waals surface area contributed by atoms with Crippen molar-refractivity contribution in [1.29, 1.82) is 0 Å². The van der Waals surface area contributed by atoms with Crippen molar-refractivity contribution in [2.45, 2.75) is 38.1 Å². The lowest BCUT2D eigenvalue weighted by Gasteiger charge is -2.53. The lowest BCUT2D eigenvalue weighted by Crippen LogP contribution is -2.66. The molecule has 2 aliphatic rings. The van der Waals surface area contributed by atoms with E-state index in [2.05, 4.69) is 19.9 Å². The van der Waals surface area contributed by atoms with Gasteiger partial charge in [-0.05, 0) is 25.5 Å². The molecule has 1 unspecified atom stereocenters. The minimum absolute atomic E-state index is 0.138. The lowest BCUT2D eigenvalue weighted by molar-refractivity contribution is -0.148. The van der Waals surface area contributed by atoms with E-state index in [9.17, 15) is 0 Å². The van der Waals surface area contributed by atoms with E-state index in [4.69, 9.17) is 14.2 Å². The summed E-state index contributed by atoms with van der Waals surface area (Å²) in [6.45, 7) is 4.91. The zero-order valence-corrected chi connectivity index (χ0v) is 15.2. The first-order valence-corrected chi connectivity index (χ1v) is 8.95. The summed E-state index contributed by atoms with van der Waals surface area (Å²) >= 11 is 0. The van der Waals surface area contributed by atoms with Gasteiger partial charge in [0.2, 0.25) is 5.88 Å². The Kier molecular flexibility index (Phi) is 4.74. The Morgan fingerprint density at radius 1 is 1.31 bits per heavy atom. The predicted octanol–water partition coefficient (Wildman–Crippen LogP) is 2.14. The molecule has 0 bridgehead atoms. The maximum Gasteiger partial charge on any atom is 0.218 e. The molecular weight excluding hydrogens is 332 g/mol. The van der Waals surface area contributed by atoms with E-state index >= 15 is 0 Å². The number of pyridine rings is 1. The van der Waals surface area contributed by atoms with E-state index < -0.39 is 0 Å². The minimum atomic E-state index is -0.138. The monoisotopic (exact) mass is 356 g/mol. The fraction of sp³-hybridized carbons (Fsp3) is 0.526. The first kappa shape index (κ1) is 17.2. The summed E-state index contributed by atoms with van der Waals surface area (Å²) in [5.74, 6) is 1.45. The summed E-state index contributed by atoms with van der Waals surface area (Å²) in [6.07, 6.45) is 3.56. The summed E-state index contributed by atoms with van der Waals surface area (Å²) in [5, 5.41) is 0. The van der Waals surface area contributed by atoms with Gasteiger partial charge in [0.25, 0.3) is 0 Å². The topological polar surface area (TPSA) is 69.6 Å². The Hall–Kier alpha value is -2.25. The predicted molar refractivity (Wildman–Crippen MR) is 96.3 cm³/mol. The van der Waals surface area contributed by atoms with Gasteiger partial charge in [0, 0.05) is 24.8 Å². The number of nitrogens with zero attached hydrogens (tertiary/aromatic N) is 4. The molecule has 0 N–H and O–H groups in total. The molecule has 2 saturated heterocycles. The largest absolute Gasteiger partial charge is 0.481 e. The number of aryl methyl sites for hydroxylation is 1. The van der Waals surface area contributed by atoms with Crippen molar-refractivity contribution in [2.24, 2.45) is 0 Å². The highest BCUT2D eigenvalue weighted by atomic mass is 16.5. The molecule has 7 nitrogen and oxygen atoms in total. The van der Waals surface area contributed by atoms with Gasteiger partial charge < -0.3 is 19.1 Å². The number of aromatic nitrogens is 3. The lowest BCUT2D eigenvalue weighted by atomic mass is 9.84. The molecular formula is C19H24N4O3. The fourth-order valence-electron chi connectivity index (χ4n) is 3.65. The van der Waals surface area contributed by atoms with Crippen LogP contribution in [0.2, 0.25) is 0 Å². The van der Waals surface area contributed by atoms with Gasteiger partial charge in [0.1, 0.15) is 17.7 Å². The summed E-state index contributed by atoms with van der Waals surface area (Å²) < 4.78 is 17.4. The van der Waals surface area contributed by atoms with Crippen molar-refractivity contribution < 1.29 is 14.2 Å². The second-order valence-corrected chi connectivity index (χ2v) is 7.00. The van der Waals surface area contributed by atoms with Crippen molar-refractivity contribution in [3.63, 3.8) is 0 Å². The smallest absolute Gasteiger partial charge is 0.218 e. The molecule has 1 spiro atoms. The Labute approximate surface area is 153 Å². The number of methoxy groups -OCH3 is 1. The van der Waals surface area contributed by atoms with Crippen LogP contribution in [-0.4, -0.2) is 53.5 Å². The molecule has 2 fully saturated rings. The molecule has 2 aromatic rings. The zero-order valence-electron chi connectivity index (χ0n) is 15.2. The van der Waals surface area contributed by atoms with E-state index in [-0.39, 0.29) is 11.7 Å². The molecule has 4 rings (SSSR count). The summed E-state index contributed by atoms with van der Waals surface area (Å²) in [4.78, 5) is 15.1. The van der Waals surface area contributed by atoms with Crippen molar-refractivity contribution in [3.8, 4) is 5.88 Å². The molecule has 0 radical (unpaired) electrons. The molecule has 2 aromatic heterocycles.